The lowest BCUT2D eigenvalue weighted by Gasteiger charge is -2.14. The molecular formula is C13H8Br2ClFO. The Kier molecular flexibility index (Phi) is 4.43. The minimum absolute atomic E-state index is 0.207. The lowest BCUT2D eigenvalue weighted by atomic mass is 10.0. The normalized spacial score (nSPS) is 12.5. The Hall–Kier alpha value is -0.420. The van der Waals surface area contributed by atoms with Gasteiger partial charge in [-0.1, -0.05) is 39.7 Å². The summed E-state index contributed by atoms with van der Waals surface area (Å²) in [6.45, 7) is 0. The summed E-state index contributed by atoms with van der Waals surface area (Å²) in [5.74, 6) is -0.471. The molecular weight excluding hydrogens is 386 g/mol. The van der Waals surface area contributed by atoms with Crippen molar-refractivity contribution >= 4 is 43.5 Å². The van der Waals surface area contributed by atoms with Gasteiger partial charge in [-0.05, 0) is 45.8 Å². The predicted octanol–water partition coefficient (Wildman–Crippen LogP) is 5.09. The van der Waals surface area contributed by atoms with Crippen LogP contribution in [0.1, 0.15) is 17.2 Å². The highest BCUT2D eigenvalue weighted by Crippen LogP contribution is 2.31. The molecule has 1 N–H and O–H groups in total. The van der Waals surface area contributed by atoms with Crippen LogP contribution in [0.3, 0.4) is 0 Å². The maximum Gasteiger partial charge on any atom is 0.143 e. The lowest BCUT2D eigenvalue weighted by Crippen LogP contribution is -2.03. The molecule has 0 amide bonds. The molecule has 0 aromatic heterocycles. The molecule has 18 heavy (non-hydrogen) atoms. The van der Waals surface area contributed by atoms with Crippen LogP contribution in [-0.4, -0.2) is 5.11 Å². The number of hydrogen-bond donors (Lipinski definition) is 1. The van der Waals surface area contributed by atoms with E-state index in [0.717, 1.165) is 4.47 Å². The van der Waals surface area contributed by atoms with Gasteiger partial charge in [0.1, 0.15) is 11.9 Å². The van der Waals surface area contributed by atoms with Crippen molar-refractivity contribution in [2.75, 3.05) is 0 Å². The average molecular weight is 394 g/mol. The quantitative estimate of drug-likeness (QED) is 0.753. The number of hydrogen-bond acceptors (Lipinski definition) is 1. The first-order valence-corrected chi connectivity index (χ1v) is 7.03. The summed E-state index contributed by atoms with van der Waals surface area (Å²) in [5, 5.41) is 10.7. The van der Waals surface area contributed by atoms with Gasteiger partial charge in [-0.3, -0.25) is 0 Å². The lowest BCUT2D eigenvalue weighted by molar-refractivity contribution is 0.214. The Morgan fingerprint density at radius 3 is 2.56 bits per heavy atom. The van der Waals surface area contributed by atoms with Crippen molar-refractivity contribution in [2.45, 2.75) is 6.10 Å². The van der Waals surface area contributed by atoms with E-state index in [1.54, 1.807) is 36.4 Å². The van der Waals surface area contributed by atoms with Crippen LogP contribution in [0.25, 0.3) is 0 Å². The summed E-state index contributed by atoms with van der Waals surface area (Å²) >= 11 is 12.3. The van der Waals surface area contributed by atoms with Crippen LogP contribution in [-0.2, 0) is 0 Å². The van der Waals surface area contributed by atoms with Crippen LogP contribution in [0.2, 0.25) is 5.02 Å². The molecule has 0 heterocycles. The van der Waals surface area contributed by atoms with E-state index in [4.69, 9.17) is 11.6 Å². The zero-order chi connectivity index (χ0) is 13.3. The third-order valence-corrected chi connectivity index (χ3v) is 3.77. The van der Waals surface area contributed by atoms with Gasteiger partial charge in [0.05, 0.1) is 4.47 Å². The Morgan fingerprint density at radius 2 is 1.89 bits per heavy atom. The van der Waals surface area contributed by atoms with Crippen LogP contribution < -0.4 is 0 Å². The zero-order valence-electron chi connectivity index (χ0n) is 9.00. The van der Waals surface area contributed by atoms with Crippen LogP contribution in [0.4, 0.5) is 4.39 Å². The average Bonchev–Trinajstić information content (AvgIpc) is 2.30. The fraction of sp³-hybridized carbons (Fsp3) is 0.0769. The second kappa shape index (κ2) is 5.70. The number of aliphatic hydroxyl groups excluding tert-OH is 1. The topological polar surface area (TPSA) is 20.2 Å². The Labute approximate surface area is 126 Å². The molecule has 1 nitrogen and oxygen atoms in total. The first-order chi connectivity index (χ1) is 8.49. The Balaban J connectivity index is 2.47. The van der Waals surface area contributed by atoms with Crippen LogP contribution in [0, 0.1) is 5.82 Å². The van der Waals surface area contributed by atoms with E-state index < -0.39 is 11.9 Å². The largest absolute Gasteiger partial charge is 0.384 e. The fourth-order valence-electron chi connectivity index (χ4n) is 1.64. The molecule has 0 aliphatic carbocycles. The number of aliphatic hydroxyl groups is 1. The van der Waals surface area contributed by atoms with Gasteiger partial charge in [0, 0.05) is 15.1 Å². The van der Waals surface area contributed by atoms with Gasteiger partial charge < -0.3 is 5.11 Å². The molecule has 0 aliphatic heterocycles. The molecule has 1 atom stereocenters. The third kappa shape index (κ3) is 2.94. The zero-order valence-corrected chi connectivity index (χ0v) is 12.9. The van der Waals surface area contributed by atoms with Crippen molar-refractivity contribution < 1.29 is 9.50 Å². The van der Waals surface area contributed by atoms with E-state index >= 15 is 0 Å². The molecule has 0 aliphatic rings. The first kappa shape index (κ1) is 14.0. The molecule has 0 radical (unpaired) electrons. The maximum atomic E-state index is 13.9. The van der Waals surface area contributed by atoms with E-state index in [-0.39, 0.29) is 5.56 Å². The standard InChI is InChI=1S/C13H8Br2ClFO/c14-8-4-7(5-9(16)6-8)13(18)10-2-1-3-11(15)12(10)17/h1-6,13,18H. The van der Waals surface area contributed by atoms with Crippen molar-refractivity contribution in [2.24, 2.45) is 0 Å². The third-order valence-electron chi connectivity index (χ3n) is 2.48. The van der Waals surface area contributed by atoms with Gasteiger partial charge in [0.2, 0.25) is 0 Å². The van der Waals surface area contributed by atoms with Crippen LogP contribution >= 0.6 is 43.5 Å². The molecule has 0 saturated heterocycles. The van der Waals surface area contributed by atoms with E-state index in [1.165, 1.54) is 0 Å². The minimum atomic E-state index is -1.06. The summed E-state index contributed by atoms with van der Waals surface area (Å²) in [5.41, 5.74) is 0.741. The van der Waals surface area contributed by atoms with Crippen molar-refractivity contribution in [1.29, 1.82) is 0 Å². The fourth-order valence-corrected chi connectivity index (χ4v) is 2.91. The summed E-state index contributed by atoms with van der Waals surface area (Å²) in [7, 11) is 0. The molecule has 2 aromatic rings. The van der Waals surface area contributed by atoms with Gasteiger partial charge in [-0.2, -0.15) is 0 Å². The minimum Gasteiger partial charge on any atom is -0.384 e. The predicted molar refractivity (Wildman–Crippen MR) is 77.3 cm³/mol. The molecule has 1 unspecified atom stereocenters. The van der Waals surface area contributed by atoms with E-state index in [1.807, 2.05) is 0 Å². The van der Waals surface area contributed by atoms with Gasteiger partial charge in [-0.15, -0.1) is 0 Å². The summed E-state index contributed by atoms with van der Waals surface area (Å²) in [6.07, 6.45) is -1.06. The summed E-state index contributed by atoms with van der Waals surface area (Å²) in [4.78, 5) is 0. The molecule has 0 fully saturated rings. The summed E-state index contributed by atoms with van der Waals surface area (Å²) in [6, 6.07) is 9.81. The first-order valence-electron chi connectivity index (χ1n) is 5.07. The highest BCUT2D eigenvalue weighted by molar-refractivity contribution is 9.10. The van der Waals surface area contributed by atoms with Crippen LogP contribution in [0.5, 0.6) is 0 Å². The number of rotatable bonds is 2. The van der Waals surface area contributed by atoms with Gasteiger partial charge in [-0.25, -0.2) is 4.39 Å². The molecule has 2 aromatic carbocycles. The highest BCUT2D eigenvalue weighted by atomic mass is 79.9. The van der Waals surface area contributed by atoms with E-state index in [2.05, 4.69) is 31.9 Å². The smallest absolute Gasteiger partial charge is 0.143 e. The second-order valence-corrected chi connectivity index (χ2v) is 5.95. The van der Waals surface area contributed by atoms with Crippen molar-refractivity contribution in [1.82, 2.24) is 0 Å². The number of halogens is 4. The molecule has 94 valence electrons. The molecule has 5 heteroatoms. The second-order valence-electron chi connectivity index (χ2n) is 3.75. The van der Waals surface area contributed by atoms with Crippen molar-refractivity contribution in [3.05, 3.63) is 67.3 Å². The SMILES string of the molecule is OC(c1cc(Cl)cc(Br)c1)c1cccc(Br)c1F. The Bertz CT molecular complexity index is 569. The monoisotopic (exact) mass is 392 g/mol. The van der Waals surface area contributed by atoms with Gasteiger partial charge >= 0.3 is 0 Å². The highest BCUT2D eigenvalue weighted by Gasteiger charge is 2.17. The number of benzene rings is 2. The van der Waals surface area contributed by atoms with E-state index in [9.17, 15) is 9.50 Å². The molecule has 0 spiro atoms. The van der Waals surface area contributed by atoms with Crippen molar-refractivity contribution in [3.63, 3.8) is 0 Å². The van der Waals surface area contributed by atoms with Gasteiger partial charge in [0.25, 0.3) is 0 Å². The molecule has 2 rings (SSSR count). The van der Waals surface area contributed by atoms with Crippen LogP contribution in [0.15, 0.2) is 45.3 Å². The molecule has 0 bridgehead atoms. The molecule has 0 saturated carbocycles. The van der Waals surface area contributed by atoms with E-state index in [0.29, 0.717) is 15.1 Å². The van der Waals surface area contributed by atoms with Gasteiger partial charge in [0.15, 0.2) is 0 Å². The Morgan fingerprint density at radius 1 is 1.17 bits per heavy atom. The van der Waals surface area contributed by atoms with Crippen molar-refractivity contribution in [3.8, 4) is 0 Å². The maximum absolute atomic E-state index is 13.9. The summed E-state index contributed by atoms with van der Waals surface area (Å²) < 4.78 is 14.9.